The van der Waals surface area contributed by atoms with E-state index in [1.807, 2.05) is 0 Å². The molecule has 1 aromatic heterocycles. The molecule has 2 rings (SSSR count). The molecule has 2 aromatic rings. The fourth-order valence-electron chi connectivity index (χ4n) is 1.60. The molecular weight excluding hydrogens is 266 g/mol. The molecule has 0 fully saturated rings. The van der Waals surface area contributed by atoms with Crippen molar-refractivity contribution < 1.29 is 13.5 Å². The fourth-order valence-corrected chi connectivity index (χ4v) is 2.69. The smallest absolute Gasteiger partial charge is 0.280 e. The van der Waals surface area contributed by atoms with Crippen LogP contribution in [-0.4, -0.2) is 23.1 Å². The summed E-state index contributed by atoms with van der Waals surface area (Å²) in [6.45, 7) is 1.59. The van der Waals surface area contributed by atoms with Crippen molar-refractivity contribution in [1.29, 1.82) is 0 Å². The molecule has 6 nitrogen and oxygen atoms in total. The number of hydrogen-bond donors (Lipinski definition) is 2. The van der Waals surface area contributed by atoms with E-state index in [-0.39, 0.29) is 11.6 Å². The lowest BCUT2D eigenvalue weighted by Crippen LogP contribution is -2.13. The first kappa shape index (κ1) is 13.6. The van der Waals surface area contributed by atoms with Crippen LogP contribution in [0, 0.1) is 6.92 Å². The van der Waals surface area contributed by atoms with Crippen LogP contribution >= 0.6 is 0 Å². The minimum Gasteiger partial charge on any atom is -0.392 e. The molecule has 0 aliphatic carbocycles. The van der Waals surface area contributed by atoms with E-state index in [1.165, 1.54) is 6.20 Å². The maximum Gasteiger partial charge on any atom is 0.280 e. The van der Waals surface area contributed by atoms with Gasteiger partial charge < -0.3 is 9.67 Å². The van der Waals surface area contributed by atoms with E-state index in [0.29, 0.717) is 17.1 Å². The Bertz CT molecular complexity index is 672. The molecule has 0 atom stereocenters. The van der Waals surface area contributed by atoms with Crippen LogP contribution in [0.15, 0.2) is 35.5 Å². The molecule has 0 radical (unpaired) electrons. The summed E-state index contributed by atoms with van der Waals surface area (Å²) >= 11 is 0. The van der Waals surface area contributed by atoms with Crippen molar-refractivity contribution in [2.24, 2.45) is 7.05 Å². The number of aryl methyl sites for hydroxylation is 2. The third-order valence-electron chi connectivity index (χ3n) is 2.72. The number of aliphatic hydroxyl groups is 1. The van der Waals surface area contributed by atoms with Crippen LogP contribution in [0.25, 0.3) is 0 Å². The van der Waals surface area contributed by atoms with Crippen LogP contribution in [0.3, 0.4) is 0 Å². The van der Waals surface area contributed by atoms with Crippen LogP contribution in [0.1, 0.15) is 11.4 Å². The summed E-state index contributed by atoms with van der Waals surface area (Å²) in [6.07, 6.45) is 1.45. The number of aromatic nitrogens is 2. The number of benzene rings is 1. The molecule has 0 spiro atoms. The Balaban J connectivity index is 2.30. The van der Waals surface area contributed by atoms with Crippen molar-refractivity contribution in [2.45, 2.75) is 18.6 Å². The lowest BCUT2D eigenvalue weighted by molar-refractivity contribution is 0.282. The molecule has 0 unspecified atom stereocenters. The second-order valence-corrected chi connectivity index (χ2v) is 5.83. The highest BCUT2D eigenvalue weighted by atomic mass is 32.2. The largest absolute Gasteiger partial charge is 0.392 e. The van der Waals surface area contributed by atoms with E-state index in [9.17, 15) is 8.42 Å². The predicted molar refractivity (Wildman–Crippen MR) is 71.1 cm³/mol. The van der Waals surface area contributed by atoms with Gasteiger partial charge in [-0.25, -0.2) is 4.98 Å². The van der Waals surface area contributed by atoms with Crippen LogP contribution in [0.4, 0.5) is 5.69 Å². The van der Waals surface area contributed by atoms with Crippen molar-refractivity contribution in [1.82, 2.24) is 9.55 Å². The summed E-state index contributed by atoms with van der Waals surface area (Å²) in [5.74, 6) is 0.615. The Morgan fingerprint density at radius 3 is 2.74 bits per heavy atom. The molecule has 7 heteroatoms. The zero-order valence-electron chi connectivity index (χ0n) is 10.7. The van der Waals surface area contributed by atoms with E-state index in [4.69, 9.17) is 5.11 Å². The van der Waals surface area contributed by atoms with Crippen LogP contribution < -0.4 is 4.72 Å². The van der Waals surface area contributed by atoms with Gasteiger partial charge in [-0.3, -0.25) is 4.72 Å². The molecule has 1 heterocycles. The topological polar surface area (TPSA) is 84.2 Å². The van der Waals surface area contributed by atoms with Gasteiger partial charge in [0.15, 0.2) is 5.03 Å². The zero-order valence-corrected chi connectivity index (χ0v) is 11.5. The number of nitrogens with one attached hydrogen (secondary N) is 1. The molecule has 19 heavy (non-hydrogen) atoms. The molecule has 0 saturated heterocycles. The third kappa shape index (κ3) is 2.94. The molecule has 2 N–H and O–H groups in total. The minimum atomic E-state index is -3.70. The summed E-state index contributed by atoms with van der Waals surface area (Å²) in [4.78, 5) is 3.98. The van der Waals surface area contributed by atoms with Crippen molar-refractivity contribution in [3.05, 3.63) is 41.9 Å². The van der Waals surface area contributed by atoms with E-state index < -0.39 is 10.0 Å². The Morgan fingerprint density at radius 1 is 1.42 bits per heavy atom. The number of hydrogen-bond acceptors (Lipinski definition) is 4. The zero-order chi connectivity index (χ0) is 14.0. The van der Waals surface area contributed by atoms with Crippen molar-refractivity contribution in [2.75, 3.05) is 4.72 Å². The maximum absolute atomic E-state index is 12.1. The van der Waals surface area contributed by atoms with Gasteiger partial charge in [-0.15, -0.1) is 0 Å². The third-order valence-corrected chi connectivity index (χ3v) is 3.98. The molecule has 0 aliphatic rings. The molecule has 0 aliphatic heterocycles. The van der Waals surface area contributed by atoms with Gasteiger partial charge in [0.05, 0.1) is 6.61 Å². The minimum absolute atomic E-state index is 0.0260. The SMILES string of the molecule is Cc1nc(S(=O)(=O)Nc2cccc(CO)c2)cn1C. The highest BCUT2D eigenvalue weighted by molar-refractivity contribution is 7.92. The second kappa shape index (κ2) is 5.02. The summed E-state index contributed by atoms with van der Waals surface area (Å²) in [5, 5.41) is 9.00. The Kier molecular flexibility index (Phi) is 3.59. The number of imidazole rings is 1. The Morgan fingerprint density at radius 2 is 2.16 bits per heavy atom. The van der Waals surface area contributed by atoms with Gasteiger partial charge in [-0.1, -0.05) is 12.1 Å². The summed E-state index contributed by atoms with van der Waals surface area (Å²) in [7, 11) is -1.97. The van der Waals surface area contributed by atoms with Gasteiger partial charge in [0, 0.05) is 18.9 Å². The standard InChI is InChI=1S/C12H15N3O3S/c1-9-13-12(7-15(9)2)19(17,18)14-11-5-3-4-10(6-11)8-16/h3-7,14,16H,8H2,1-2H3. The van der Waals surface area contributed by atoms with Crippen molar-refractivity contribution >= 4 is 15.7 Å². The number of sulfonamides is 1. The quantitative estimate of drug-likeness (QED) is 0.876. The number of rotatable bonds is 4. The number of nitrogens with zero attached hydrogens (tertiary/aromatic N) is 2. The first-order valence-electron chi connectivity index (χ1n) is 5.65. The number of aliphatic hydroxyl groups excluding tert-OH is 1. The van der Waals surface area contributed by atoms with Crippen LogP contribution in [-0.2, 0) is 23.7 Å². The van der Waals surface area contributed by atoms with Gasteiger partial charge in [0.1, 0.15) is 5.82 Å². The summed E-state index contributed by atoms with van der Waals surface area (Å²) in [5.41, 5.74) is 1.03. The van der Waals surface area contributed by atoms with Crippen LogP contribution in [0.5, 0.6) is 0 Å². The first-order valence-corrected chi connectivity index (χ1v) is 7.13. The molecular formula is C12H15N3O3S. The van der Waals surface area contributed by atoms with Gasteiger partial charge in [-0.05, 0) is 24.6 Å². The van der Waals surface area contributed by atoms with Gasteiger partial charge in [0.2, 0.25) is 0 Å². The second-order valence-electron chi connectivity index (χ2n) is 4.20. The fraction of sp³-hybridized carbons (Fsp3) is 0.250. The number of anilines is 1. The summed E-state index contributed by atoms with van der Waals surface area (Å²) < 4.78 is 28.3. The van der Waals surface area contributed by atoms with E-state index in [1.54, 1.807) is 42.8 Å². The molecule has 0 saturated carbocycles. The van der Waals surface area contributed by atoms with Crippen LogP contribution in [0.2, 0.25) is 0 Å². The Labute approximate surface area is 111 Å². The highest BCUT2D eigenvalue weighted by Crippen LogP contribution is 2.16. The monoisotopic (exact) mass is 281 g/mol. The lowest BCUT2D eigenvalue weighted by atomic mass is 10.2. The average molecular weight is 281 g/mol. The average Bonchev–Trinajstić information content (AvgIpc) is 2.70. The lowest BCUT2D eigenvalue weighted by Gasteiger charge is -2.06. The maximum atomic E-state index is 12.1. The molecule has 0 bridgehead atoms. The van der Waals surface area contributed by atoms with E-state index in [0.717, 1.165) is 0 Å². The van der Waals surface area contributed by atoms with E-state index >= 15 is 0 Å². The van der Waals surface area contributed by atoms with Gasteiger partial charge in [-0.2, -0.15) is 8.42 Å². The first-order chi connectivity index (χ1) is 8.92. The molecule has 102 valence electrons. The predicted octanol–water partition coefficient (Wildman–Crippen LogP) is 1.02. The van der Waals surface area contributed by atoms with Crippen molar-refractivity contribution in [3.8, 4) is 0 Å². The Hall–Kier alpha value is -1.86. The molecule has 0 amide bonds. The summed E-state index contributed by atoms with van der Waals surface area (Å²) in [6, 6.07) is 6.58. The van der Waals surface area contributed by atoms with Gasteiger partial charge >= 0.3 is 0 Å². The van der Waals surface area contributed by atoms with Gasteiger partial charge in [0.25, 0.3) is 10.0 Å². The highest BCUT2D eigenvalue weighted by Gasteiger charge is 2.18. The van der Waals surface area contributed by atoms with Crippen molar-refractivity contribution in [3.63, 3.8) is 0 Å². The molecule has 1 aromatic carbocycles. The van der Waals surface area contributed by atoms with E-state index in [2.05, 4.69) is 9.71 Å². The normalized spacial score (nSPS) is 11.5.